The third-order valence-corrected chi connectivity index (χ3v) is 5.78. The molecule has 136 valence electrons. The molecule has 0 atom stereocenters. The lowest BCUT2D eigenvalue weighted by Gasteiger charge is -2.15. The van der Waals surface area contributed by atoms with E-state index in [9.17, 15) is 0 Å². The highest BCUT2D eigenvalue weighted by Crippen LogP contribution is 2.37. The number of pyridine rings is 2. The maximum absolute atomic E-state index is 4.56. The zero-order valence-electron chi connectivity index (χ0n) is 16.0. The van der Waals surface area contributed by atoms with Crippen molar-refractivity contribution < 1.29 is 0 Å². The van der Waals surface area contributed by atoms with Crippen LogP contribution in [-0.2, 0) is 0 Å². The van der Waals surface area contributed by atoms with Gasteiger partial charge in [-0.3, -0.25) is 9.97 Å². The van der Waals surface area contributed by atoms with Crippen molar-refractivity contribution in [3.63, 3.8) is 0 Å². The van der Waals surface area contributed by atoms with E-state index in [-0.39, 0.29) is 0 Å². The van der Waals surface area contributed by atoms with Gasteiger partial charge in [0.1, 0.15) is 0 Å². The van der Waals surface area contributed by atoms with E-state index in [4.69, 9.17) is 0 Å². The lowest BCUT2D eigenvalue weighted by atomic mass is 10.2. The summed E-state index contributed by atoms with van der Waals surface area (Å²) in [4.78, 5) is 15.7. The Morgan fingerprint density at radius 1 is 0.630 bits per heavy atom. The first kappa shape index (κ1) is 17.6. The summed E-state index contributed by atoms with van der Waals surface area (Å²) in [6.07, 6.45) is 3.77. The van der Waals surface area contributed by atoms with E-state index in [0.717, 1.165) is 22.4 Å². The molecule has 5 heteroatoms. The van der Waals surface area contributed by atoms with Crippen LogP contribution in [0.2, 0.25) is 0 Å². The molecule has 2 heterocycles. The van der Waals surface area contributed by atoms with Crippen molar-refractivity contribution in [2.45, 2.75) is 9.79 Å². The number of nitrogens with zero attached hydrogens (tertiary/aromatic N) is 4. The van der Waals surface area contributed by atoms with Crippen LogP contribution in [0.15, 0.2) is 70.7 Å². The molecule has 0 radical (unpaired) electrons. The van der Waals surface area contributed by atoms with E-state index >= 15 is 0 Å². The molecule has 4 aromatic rings. The van der Waals surface area contributed by atoms with Crippen LogP contribution in [0.1, 0.15) is 0 Å². The average Bonchev–Trinajstić information content (AvgIpc) is 2.67. The number of rotatable bonds is 4. The first-order valence-electron chi connectivity index (χ1n) is 8.83. The molecule has 0 saturated carbocycles. The van der Waals surface area contributed by atoms with Crippen molar-refractivity contribution in [3.05, 3.63) is 60.9 Å². The smallest absolute Gasteiger partial charge is 0.0733 e. The Morgan fingerprint density at radius 2 is 1.07 bits per heavy atom. The van der Waals surface area contributed by atoms with Gasteiger partial charge >= 0.3 is 0 Å². The Labute approximate surface area is 163 Å². The van der Waals surface area contributed by atoms with Gasteiger partial charge in [-0.05, 0) is 48.5 Å². The summed E-state index contributed by atoms with van der Waals surface area (Å²) < 4.78 is 0. The van der Waals surface area contributed by atoms with Gasteiger partial charge in [0, 0.05) is 72.5 Å². The molecule has 0 aliphatic heterocycles. The number of fused-ring (bicyclic) bond motifs is 2. The molecule has 0 fully saturated rings. The van der Waals surface area contributed by atoms with Gasteiger partial charge in [0.25, 0.3) is 0 Å². The largest absolute Gasteiger partial charge is 0.378 e. The molecule has 27 heavy (non-hydrogen) atoms. The fourth-order valence-corrected chi connectivity index (χ4v) is 4.13. The third-order valence-electron chi connectivity index (χ3n) is 4.63. The number of hydrogen-bond donors (Lipinski definition) is 0. The van der Waals surface area contributed by atoms with Gasteiger partial charge in [-0.25, -0.2) is 0 Å². The molecule has 0 unspecified atom stereocenters. The molecule has 0 amide bonds. The zero-order valence-corrected chi connectivity index (χ0v) is 16.8. The minimum absolute atomic E-state index is 1.01. The molecular formula is C22H22N4S. The minimum atomic E-state index is 1.01. The third kappa shape index (κ3) is 3.43. The number of aromatic nitrogens is 2. The molecule has 2 aromatic carbocycles. The number of anilines is 2. The fourth-order valence-electron chi connectivity index (χ4n) is 3.07. The molecule has 2 aromatic heterocycles. The van der Waals surface area contributed by atoms with Crippen LogP contribution < -0.4 is 9.80 Å². The summed E-state index contributed by atoms with van der Waals surface area (Å²) in [5.41, 5.74) is 4.34. The van der Waals surface area contributed by atoms with Crippen molar-refractivity contribution in [2.24, 2.45) is 0 Å². The second-order valence-electron chi connectivity index (χ2n) is 6.91. The highest BCUT2D eigenvalue weighted by molar-refractivity contribution is 7.99. The highest BCUT2D eigenvalue weighted by atomic mass is 32.2. The van der Waals surface area contributed by atoms with Gasteiger partial charge in [-0.15, -0.1) is 0 Å². The van der Waals surface area contributed by atoms with Crippen LogP contribution in [0, 0.1) is 0 Å². The topological polar surface area (TPSA) is 32.3 Å². The molecule has 4 nitrogen and oxygen atoms in total. The molecular weight excluding hydrogens is 352 g/mol. The predicted molar refractivity (Wildman–Crippen MR) is 116 cm³/mol. The lowest BCUT2D eigenvalue weighted by Crippen LogP contribution is -2.08. The van der Waals surface area contributed by atoms with E-state index in [1.54, 1.807) is 11.8 Å². The van der Waals surface area contributed by atoms with E-state index in [2.05, 4.69) is 68.3 Å². The second-order valence-corrected chi connectivity index (χ2v) is 8.00. The van der Waals surface area contributed by atoms with Gasteiger partial charge in [-0.2, -0.15) is 0 Å². The van der Waals surface area contributed by atoms with Crippen LogP contribution in [0.25, 0.3) is 21.8 Å². The van der Waals surface area contributed by atoms with Crippen LogP contribution in [-0.4, -0.2) is 38.2 Å². The molecule has 0 spiro atoms. The Morgan fingerprint density at radius 3 is 1.48 bits per heavy atom. The maximum Gasteiger partial charge on any atom is 0.0733 e. The summed E-state index contributed by atoms with van der Waals surface area (Å²) >= 11 is 1.77. The standard InChI is InChI=1S/C22H22N4S/c1-25(2)15-5-7-17-19(13-15)23-11-9-21(17)27-22-10-12-24-20-14-16(26(3)4)6-8-18(20)22/h5-14H,1-4H3. The van der Waals surface area contributed by atoms with Crippen molar-refractivity contribution in [2.75, 3.05) is 38.0 Å². The summed E-state index contributed by atoms with van der Waals surface area (Å²) in [5, 5.41) is 2.34. The number of hydrogen-bond acceptors (Lipinski definition) is 5. The van der Waals surface area contributed by atoms with Crippen LogP contribution in [0.3, 0.4) is 0 Å². The van der Waals surface area contributed by atoms with Gasteiger partial charge in [0.05, 0.1) is 11.0 Å². The Balaban J connectivity index is 1.78. The van der Waals surface area contributed by atoms with Crippen LogP contribution in [0.4, 0.5) is 11.4 Å². The monoisotopic (exact) mass is 374 g/mol. The van der Waals surface area contributed by atoms with Crippen molar-refractivity contribution in [1.82, 2.24) is 9.97 Å². The molecule has 4 rings (SSSR count). The van der Waals surface area contributed by atoms with Gasteiger partial charge in [0.2, 0.25) is 0 Å². The minimum Gasteiger partial charge on any atom is -0.378 e. The van der Waals surface area contributed by atoms with Crippen LogP contribution in [0.5, 0.6) is 0 Å². The maximum atomic E-state index is 4.56. The molecule has 0 bridgehead atoms. The summed E-state index contributed by atoms with van der Waals surface area (Å²) in [7, 11) is 8.19. The van der Waals surface area contributed by atoms with E-state index < -0.39 is 0 Å². The average molecular weight is 375 g/mol. The van der Waals surface area contributed by atoms with Crippen molar-refractivity contribution in [1.29, 1.82) is 0 Å². The summed E-state index contributed by atoms with van der Waals surface area (Å²) in [5.74, 6) is 0. The molecule has 0 aliphatic rings. The molecule has 0 N–H and O–H groups in total. The Bertz CT molecular complexity index is 1030. The van der Waals surface area contributed by atoms with E-state index in [1.807, 2.05) is 40.6 Å². The first-order chi connectivity index (χ1) is 13.0. The van der Waals surface area contributed by atoms with Crippen molar-refractivity contribution in [3.8, 4) is 0 Å². The number of benzene rings is 2. The van der Waals surface area contributed by atoms with Gasteiger partial charge < -0.3 is 9.80 Å². The Kier molecular flexibility index (Phi) is 4.62. The summed E-state index contributed by atoms with van der Waals surface area (Å²) in [6.45, 7) is 0. The van der Waals surface area contributed by atoms with E-state index in [1.165, 1.54) is 20.6 Å². The van der Waals surface area contributed by atoms with Gasteiger partial charge in [0.15, 0.2) is 0 Å². The predicted octanol–water partition coefficient (Wildman–Crippen LogP) is 5.07. The zero-order chi connectivity index (χ0) is 19.0. The summed E-state index contributed by atoms with van der Waals surface area (Å²) in [6, 6.07) is 17.0. The van der Waals surface area contributed by atoms with E-state index in [0.29, 0.717) is 0 Å². The van der Waals surface area contributed by atoms with Gasteiger partial charge in [-0.1, -0.05) is 11.8 Å². The quantitative estimate of drug-likeness (QED) is 0.498. The van der Waals surface area contributed by atoms with Crippen LogP contribution >= 0.6 is 11.8 Å². The SMILES string of the molecule is CN(C)c1ccc2c(Sc3ccnc4cc(N(C)C)ccc34)ccnc2c1. The Hall–Kier alpha value is -2.79. The normalized spacial score (nSPS) is 11.1. The fraction of sp³-hybridized carbons (Fsp3) is 0.182. The molecule has 0 aliphatic carbocycles. The first-order valence-corrected chi connectivity index (χ1v) is 9.64. The molecule has 0 saturated heterocycles. The van der Waals surface area contributed by atoms with Crippen molar-refractivity contribution >= 4 is 44.9 Å². The highest BCUT2D eigenvalue weighted by Gasteiger charge is 2.09. The lowest BCUT2D eigenvalue weighted by molar-refractivity contribution is 1.13. The second kappa shape index (κ2) is 7.08.